The topological polar surface area (TPSA) is 86.0 Å². The molecule has 1 aliphatic heterocycles. The van der Waals surface area contributed by atoms with Crippen LogP contribution in [0.1, 0.15) is 11.3 Å². The minimum atomic E-state index is -0.321. The number of anilines is 1. The molecule has 1 amide bonds. The number of amides is 1. The van der Waals surface area contributed by atoms with Crippen LogP contribution >= 0.6 is 0 Å². The number of hydrogen-bond acceptors (Lipinski definition) is 6. The normalized spacial score (nSPS) is 14.2. The van der Waals surface area contributed by atoms with Gasteiger partial charge in [-0.2, -0.15) is 0 Å². The van der Waals surface area contributed by atoms with Gasteiger partial charge in [-0.15, -0.1) is 0 Å². The molecule has 130 valence electrons. The Kier molecular flexibility index (Phi) is 4.10. The van der Waals surface area contributed by atoms with Crippen molar-refractivity contribution in [1.29, 1.82) is 0 Å². The van der Waals surface area contributed by atoms with Crippen LogP contribution in [0, 0.1) is 0 Å². The van der Waals surface area contributed by atoms with Gasteiger partial charge in [-0.3, -0.25) is 4.79 Å². The van der Waals surface area contributed by atoms with Crippen molar-refractivity contribution >= 4 is 17.3 Å². The van der Waals surface area contributed by atoms with Crippen LogP contribution in [0.5, 0.6) is 5.75 Å². The highest BCUT2D eigenvalue weighted by atomic mass is 16.6. The van der Waals surface area contributed by atoms with Crippen LogP contribution in [0.25, 0.3) is 11.3 Å². The first-order valence-electron chi connectivity index (χ1n) is 7.95. The van der Waals surface area contributed by atoms with E-state index in [1.54, 1.807) is 31.4 Å². The molecule has 1 N–H and O–H groups in total. The Bertz CT molecular complexity index is 979. The maximum atomic E-state index is 12.1. The molecule has 7 heteroatoms. The molecule has 3 aromatic rings. The Labute approximate surface area is 149 Å². The van der Waals surface area contributed by atoms with E-state index in [1.807, 2.05) is 30.3 Å². The van der Waals surface area contributed by atoms with Crippen LogP contribution in [-0.2, 0) is 16.2 Å². The number of aromatic nitrogens is 1. The van der Waals surface area contributed by atoms with Gasteiger partial charge in [-0.05, 0) is 18.2 Å². The van der Waals surface area contributed by atoms with Gasteiger partial charge >= 0.3 is 0 Å². The summed E-state index contributed by atoms with van der Waals surface area (Å²) in [5.74, 6) is 0.959. The highest BCUT2D eigenvalue weighted by Crippen LogP contribution is 2.28. The summed E-state index contributed by atoms with van der Waals surface area (Å²) in [6, 6.07) is 16.7. The number of nitrogens with zero attached hydrogens (tertiary/aromatic N) is 2. The number of rotatable bonds is 5. The molecule has 0 radical (unpaired) electrons. The van der Waals surface area contributed by atoms with E-state index < -0.39 is 0 Å². The largest absolute Gasteiger partial charge is 0.497 e. The quantitative estimate of drug-likeness (QED) is 0.715. The minimum absolute atomic E-state index is 0.0897. The molecule has 4 rings (SSSR count). The smallest absolute Gasteiger partial charge is 0.278 e. The second-order valence-electron chi connectivity index (χ2n) is 5.63. The monoisotopic (exact) mass is 349 g/mol. The molecule has 0 bridgehead atoms. The third kappa shape index (κ3) is 3.02. The van der Waals surface area contributed by atoms with Crippen molar-refractivity contribution in [2.24, 2.45) is 5.16 Å². The van der Waals surface area contributed by atoms with Crippen LogP contribution in [0.2, 0.25) is 0 Å². The zero-order chi connectivity index (χ0) is 17.9. The standard InChI is InChI=1S/C19H15N3O4/c1-24-14-7-8-16-15(10-14)18(19(23)20-16)22-25-11-13-9-17(26-21-13)12-5-3-2-4-6-12/h2-10H,11H2,1H3,(H,20,22,23). The Balaban J connectivity index is 1.48. The average Bonchev–Trinajstić information content (AvgIpc) is 3.27. The lowest BCUT2D eigenvalue weighted by Crippen LogP contribution is -2.14. The number of methoxy groups -OCH3 is 1. The van der Waals surface area contributed by atoms with Gasteiger partial charge in [-0.1, -0.05) is 40.6 Å². The Hall–Kier alpha value is -3.61. The molecule has 0 unspecified atom stereocenters. The van der Waals surface area contributed by atoms with E-state index in [2.05, 4.69) is 15.6 Å². The molecule has 1 aliphatic rings. The summed E-state index contributed by atoms with van der Waals surface area (Å²) in [6.07, 6.45) is 0. The van der Waals surface area contributed by atoms with E-state index >= 15 is 0 Å². The number of oxime groups is 1. The van der Waals surface area contributed by atoms with Crippen molar-refractivity contribution in [2.75, 3.05) is 12.4 Å². The molecule has 0 aliphatic carbocycles. The molecule has 0 saturated heterocycles. The second kappa shape index (κ2) is 6.72. The van der Waals surface area contributed by atoms with Crippen molar-refractivity contribution in [1.82, 2.24) is 5.16 Å². The lowest BCUT2D eigenvalue weighted by molar-refractivity contribution is -0.110. The van der Waals surface area contributed by atoms with Crippen molar-refractivity contribution in [2.45, 2.75) is 6.61 Å². The molecular formula is C19H15N3O4. The van der Waals surface area contributed by atoms with Crippen LogP contribution in [0.3, 0.4) is 0 Å². The van der Waals surface area contributed by atoms with Crippen molar-refractivity contribution < 1.29 is 18.9 Å². The third-order valence-electron chi connectivity index (χ3n) is 3.93. The lowest BCUT2D eigenvalue weighted by Gasteiger charge is -2.02. The second-order valence-corrected chi connectivity index (χ2v) is 5.63. The summed E-state index contributed by atoms with van der Waals surface area (Å²) in [6.45, 7) is 0.0897. The zero-order valence-corrected chi connectivity index (χ0v) is 13.9. The Morgan fingerprint density at radius 3 is 2.81 bits per heavy atom. The lowest BCUT2D eigenvalue weighted by atomic mass is 10.1. The molecule has 1 aromatic heterocycles. The first-order valence-corrected chi connectivity index (χ1v) is 7.95. The van der Waals surface area contributed by atoms with Crippen LogP contribution in [0.15, 0.2) is 64.3 Å². The van der Waals surface area contributed by atoms with E-state index in [-0.39, 0.29) is 18.2 Å². The summed E-state index contributed by atoms with van der Waals surface area (Å²) in [5, 5.41) is 10.7. The molecule has 0 saturated carbocycles. The molecule has 2 heterocycles. The van der Waals surface area contributed by atoms with Crippen LogP contribution in [0.4, 0.5) is 5.69 Å². The average molecular weight is 349 g/mol. The number of fused-ring (bicyclic) bond motifs is 1. The summed E-state index contributed by atoms with van der Waals surface area (Å²) < 4.78 is 10.5. The Morgan fingerprint density at radius 2 is 2.00 bits per heavy atom. The van der Waals surface area contributed by atoms with E-state index in [4.69, 9.17) is 14.1 Å². The fraction of sp³-hybridized carbons (Fsp3) is 0.105. The number of ether oxygens (including phenoxy) is 1. The van der Waals surface area contributed by atoms with Gasteiger partial charge in [0, 0.05) is 17.2 Å². The molecule has 7 nitrogen and oxygen atoms in total. The summed E-state index contributed by atoms with van der Waals surface area (Å²) in [5.41, 5.74) is 3.02. The number of carbonyl (C=O) groups is 1. The van der Waals surface area contributed by atoms with Gasteiger partial charge in [-0.25, -0.2) is 0 Å². The predicted molar refractivity (Wildman–Crippen MR) is 94.9 cm³/mol. The van der Waals surface area contributed by atoms with Crippen molar-refractivity contribution in [3.63, 3.8) is 0 Å². The first-order chi connectivity index (χ1) is 12.7. The van der Waals surface area contributed by atoms with Gasteiger partial charge in [0.15, 0.2) is 18.1 Å². The van der Waals surface area contributed by atoms with Crippen LogP contribution in [-0.4, -0.2) is 23.9 Å². The number of benzene rings is 2. The van der Waals surface area contributed by atoms with E-state index in [1.165, 1.54) is 0 Å². The zero-order valence-electron chi connectivity index (χ0n) is 13.9. The maximum Gasteiger partial charge on any atom is 0.278 e. The molecular weight excluding hydrogens is 334 g/mol. The van der Waals surface area contributed by atoms with Gasteiger partial charge in [0.1, 0.15) is 11.4 Å². The van der Waals surface area contributed by atoms with Gasteiger partial charge < -0.3 is 19.4 Å². The highest BCUT2D eigenvalue weighted by Gasteiger charge is 2.27. The predicted octanol–water partition coefficient (Wildman–Crippen LogP) is 3.22. The van der Waals surface area contributed by atoms with Gasteiger partial charge in [0.05, 0.1) is 12.8 Å². The summed E-state index contributed by atoms with van der Waals surface area (Å²) in [4.78, 5) is 17.4. The SMILES string of the molecule is COc1ccc2c(c1)C(=NOCc1cc(-c3ccccc3)on1)C(=O)N2. The van der Waals surface area contributed by atoms with E-state index in [0.717, 1.165) is 5.56 Å². The fourth-order valence-electron chi connectivity index (χ4n) is 2.63. The van der Waals surface area contributed by atoms with Crippen molar-refractivity contribution in [3.05, 3.63) is 65.9 Å². The molecule has 26 heavy (non-hydrogen) atoms. The van der Waals surface area contributed by atoms with Crippen LogP contribution < -0.4 is 10.1 Å². The molecule has 0 atom stereocenters. The first kappa shape index (κ1) is 15.9. The summed E-state index contributed by atoms with van der Waals surface area (Å²) >= 11 is 0. The van der Waals surface area contributed by atoms with Gasteiger partial charge in [0.2, 0.25) is 0 Å². The third-order valence-corrected chi connectivity index (χ3v) is 3.93. The number of hydrogen-bond donors (Lipinski definition) is 1. The summed E-state index contributed by atoms with van der Waals surface area (Å²) in [7, 11) is 1.56. The fourth-order valence-corrected chi connectivity index (χ4v) is 2.63. The Morgan fingerprint density at radius 1 is 1.15 bits per heavy atom. The molecule has 2 aromatic carbocycles. The highest BCUT2D eigenvalue weighted by molar-refractivity contribution is 6.53. The minimum Gasteiger partial charge on any atom is -0.497 e. The van der Waals surface area contributed by atoms with Gasteiger partial charge in [0.25, 0.3) is 5.91 Å². The number of nitrogens with one attached hydrogen (secondary N) is 1. The van der Waals surface area contributed by atoms with Crippen molar-refractivity contribution in [3.8, 4) is 17.1 Å². The number of carbonyl (C=O) groups excluding carboxylic acids is 1. The molecule has 0 spiro atoms. The maximum absolute atomic E-state index is 12.1. The molecule has 0 fully saturated rings. The van der Waals surface area contributed by atoms with E-state index in [9.17, 15) is 4.79 Å². The van der Waals surface area contributed by atoms with E-state index in [0.29, 0.717) is 28.5 Å².